The summed E-state index contributed by atoms with van der Waals surface area (Å²) in [5.41, 5.74) is 1.05. The van der Waals surface area contributed by atoms with Crippen LogP contribution in [0.4, 0.5) is 18.9 Å². The molecule has 7 nitrogen and oxygen atoms in total. The van der Waals surface area contributed by atoms with E-state index in [1.165, 1.54) is 9.91 Å². The van der Waals surface area contributed by atoms with Crippen LogP contribution in [0, 0.1) is 0 Å². The van der Waals surface area contributed by atoms with Crippen molar-refractivity contribution in [2.24, 2.45) is 5.84 Å². The van der Waals surface area contributed by atoms with Gasteiger partial charge in [-0.1, -0.05) is 5.16 Å². The molecule has 0 fully saturated rings. The van der Waals surface area contributed by atoms with Gasteiger partial charge in [0.15, 0.2) is 0 Å². The van der Waals surface area contributed by atoms with Gasteiger partial charge >= 0.3 is 12.1 Å². The van der Waals surface area contributed by atoms with Crippen LogP contribution < -0.4 is 10.9 Å². The Labute approximate surface area is 135 Å². The first-order chi connectivity index (χ1) is 11.3. The van der Waals surface area contributed by atoms with E-state index in [1.54, 1.807) is 31.3 Å². The van der Waals surface area contributed by atoms with Gasteiger partial charge in [-0.05, 0) is 30.7 Å². The molecule has 1 aromatic heterocycles. The third-order valence-electron chi connectivity index (χ3n) is 3.22. The lowest BCUT2D eigenvalue weighted by Crippen LogP contribution is -2.33. The van der Waals surface area contributed by atoms with Crippen LogP contribution in [0.1, 0.15) is 12.3 Å². The molecule has 10 heteroatoms. The standard InChI is InChI=1S/C14H16F3N5O2/c1-21(9-23)7-2-8-22(18)11-5-3-10(4-6-11)12-19-13(24-20-12)14(15,16)17/h3-6,9H,2,7-8,18H2,1H3. The Balaban J connectivity index is 1.99. The number of aromatic nitrogens is 2. The second-order valence-corrected chi connectivity index (χ2v) is 5.10. The molecule has 0 saturated carbocycles. The topological polar surface area (TPSA) is 88.5 Å². The summed E-state index contributed by atoms with van der Waals surface area (Å²) in [4.78, 5) is 15.3. The number of nitrogens with two attached hydrogens (primary N) is 1. The fourth-order valence-electron chi connectivity index (χ4n) is 1.93. The third-order valence-corrected chi connectivity index (χ3v) is 3.22. The number of nitrogens with zero attached hydrogens (tertiary/aromatic N) is 4. The molecule has 2 N–H and O–H groups in total. The van der Waals surface area contributed by atoms with Crippen molar-refractivity contribution in [3.8, 4) is 11.4 Å². The highest BCUT2D eigenvalue weighted by atomic mass is 19.4. The van der Waals surface area contributed by atoms with Crippen molar-refractivity contribution in [3.05, 3.63) is 30.2 Å². The summed E-state index contributed by atoms with van der Waals surface area (Å²) in [6.45, 7) is 1.08. The molecule has 0 aliphatic heterocycles. The van der Waals surface area contributed by atoms with Crippen LogP contribution in [-0.4, -0.2) is 41.6 Å². The minimum absolute atomic E-state index is 0.148. The van der Waals surface area contributed by atoms with E-state index in [-0.39, 0.29) is 5.82 Å². The number of hydrogen-bond acceptors (Lipinski definition) is 6. The molecule has 2 rings (SSSR count). The minimum Gasteiger partial charge on any atom is -0.348 e. The van der Waals surface area contributed by atoms with Gasteiger partial charge in [-0.3, -0.25) is 4.79 Å². The lowest BCUT2D eigenvalue weighted by Gasteiger charge is -2.20. The minimum atomic E-state index is -4.67. The highest BCUT2D eigenvalue weighted by Gasteiger charge is 2.38. The quantitative estimate of drug-likeness (QED) is 0.469. The second kappa shape index (κ2) is 7.30. The van der Waals surface area contributed by atoms with Crippen molar-refractivity contribution >= 4 is 12.1 Å². The van der Waals surface area contributed by atoms with E-state index in [0.29, 0.717) is 30.8 Å². The molecule has 0 aliphatic rings. The van der Waals surface area contributed by atoms with E-state index in [9.17, 15) is 18.0 Å². The van der Waals surface area contributed by atoms with E-state index in [4.69, 9.17) is 5.84 Å². The molecule has 1 heterocycles. The van der Waals surface area contributed by atoms with E-state index in [1.807, 2.05) is 0 Å². The van der Waals surface area contributed by atoms with E-state index >= 15 is 0 Å². The molecule has 0 atom stereocenters. The molecule has 24 heavy (non-hydrogen) atoms. The molecule has 1 aromatic carbocycles. The van der Waals surface area contributed by atoms with E-state index in [2.05, 4.69) is 14.7 Å². The Kier molecular flexibility index (Phi) is 5.39. The molecule has 0 spiro atoms. The van der Waals surface area contributed by atoms with Crippen LogP contribution in [-0.2, 0) is 11.0 Å². The van der Waals surface area contributed by atoms with Gasteiger partial charge in [-0.25, -0.2) is 5.84 Å². The first-order valence-corrected chi connectivity index (χ1v) is 7.00. The van der Waals surface area contributed by atoms with Gasteiger partial charge in [0, 0.05) is 25.7 Å². The number of carbonyl (C=O) groups is 1. The maximum Gasteiger partial charge on any atom is 0.471 e. The lowest BCUT2D eigenvalue weighted by molar-refractivity contribution is -0.159. The number of carbonyl (C=O) groups excluding carboxylic acids is 1. The van der Waals surface area contributed by atoms with Crippen LogP contribution >= 0.6 is 0 Å². The summed E-state index contributed by atoms with van der Waals surface area (Å²) in [6.07, 6.45) is -3.27. The average Bonchev–Trinajstić information content (AvgIpc) is 3.05. The monoisotopic (exact) mass is 343 g/mol. The number of rotatable bonds is 7. The van der Waals surface area contributed by atoms with Crippen molar-refractivity contribution < 1.29 is 22.5 Å². The highest BCUT2D eigenvalue weighted by molar-refractivity contribution is 5.59. The number of anilines is 1. The van der Waals surface area contributed by atoms with Crippen molar-refractivity contribution in [2.75, 3.05) is 25.1 Å². The normalized spacial score (nSPS) is 11.4. The van der Waals surface area contributed by atoms with Crippen LogP contribution in [0.25, 0.3) is 11.4 Å². The molecule has 0 unspecified atom stereocenters. The Morgan fingerprint density at radius 1 is 1.25 bits per heavy atom. The molecular formula is C14H16F3N5O2. The largest absolute Gasteiger partial charge is 0.471 e. The number of hydrogen-bond donors (Lipinski definition) is 1. The molecule has 2 aromatic rings. The second-order valence-electron chi connectivity index (χ2n) is 5.10. The Bertz CT molecular complexity index is 672. The predicted molar refractivity (Wildman–Crippen MR) is 79.6 cm³/mol. The number of halogens is 3. The van der Waals surface area contributed by atoms with E-state index < -0.39 is 12.1 Å². The summed E-state index contributed by atoms with van der Waals surface area (Å²) in [7, 11) is 1.67. The average molecular weight is 343 g/mol. The van der Waals surface area contributed by atoms with Crippen LogP contribution in [0.3, 0.4) is 0 Å². The van der Waals surface area contributed by atoms with Gasteiger partial charge in [-0.15, -0.1) is 0 Å². The molecule has 0 aliphatic carbocycles. The maximum atomic E-state index is 12.4. The first kappa shape index (κ1) is 17.7. The highest BCUT2D eigenvalue weighted by Crippen LogP contribution is 2.29. The van der Waals surface area contributed by atoms with E-state index in [0.717, 1.165) is 6.41 Å². The van der Waals surface area contributed by atoms with Crippen molar-refractivity contribution in [1.82, 2.24) is 15.0 Å². The van der Waals surface area contributed by atoms with Crippen molar-refractivity contribution in [1.29, 1.82) is 0 Å². The van der Waals surface area contributed by atoms with Gasteiger partial charge in [0.1, 0.15) is 0 Å². The molecular weight excluding hydrogens is 327 g/mol. The zero-order chi connectivity index (χ0) is 17.7. The molecule has 1 amide bonds. The maximum absolute atomic E-state index is 12.4. The van der Waals surface area contributed by atoms with Crippen LogP contribution in [0.15, 0.2) is 28.8 Å². The van der Waals surface area contributed by atoms with Gasteiger partial charge in [0.2, 0.25) is 12.2 Å². The molecule has 0 saturated heterocycles. The summed E-state index contributed by atoms with van der Waals surface area (Å²) in [5.74, 6) is 4.36. The SMILES string of the molecule is CN(C=O)CCCN(N)c1ccc(-c2noc(C(F)(F)F)n2)cc1. The number of amides is 1. The Hall–Kier alpha value is -2.62. The van der Waals surface area contributed by atoms with Gasteiger partial charge in [-0.2, -0.15) is 18.2 Å². The molecule has 0 bridgehead atoms. The predicted octanol–water partition coefficient (Wildman–Crippen LogP) is 1.91. The third kappa shape index (κ3) is 4.44. The number of benzene rings is 1. The zero-order valence-corrected chi connectivity index (χ0v) is 12.8. The van der Waals surface area contributed by atoms with Gasteiger partial charge < -0.3 is 14.4 Å². The fourth-order valence-corrected chi connectivity index (χ4v) is 1.93. The van der Waals surface area contributed by atoms with Gasteiger partial charge in [0.05, 0.1) is 5.69 Å². The van der Waals surface area contributed by atoms with Crippen molar-refractivity contribution in [3.63, 3.8) is 0 Å². The van der Waals surface area contributed by atoms with Crippen LogP contribution in [0.5, 0.6) is 0 Å². The number of alkyl halides is 3. The zero-order valence-electron chi connectivity index (χ0n) is 12.8. The summed E-state index contributed by atoms with van der Waals surface area (Å²) >= 11 is 0. The Morgan fingerprint density at radius 3 is 2.46 bits per heavy atom. The van der Waals surface area contributed by atoms with Crippen molar-refractivity contribution in [2.45, 2.75) is 12.6 Å². The smallest absolute Gasteiger partial charge is 0.348 e. The summed E-state index contributed by atoms with van der Waals surface area (Å²) in [5, 5.41) is 4.80. The number of hydrazine groups is 1. The first-order valence-electron chi connectivity index (χ1n) is 7.00. The molecule has 0 radical (unpaired) electrons. The summed E-state index contributed by atoms with van der Waals surface area (Å²) < 4.78 is 41.5. The van der Waals surface area contributed by atoms with Crippen LogP contribution in [0.2, 0.25) is 0 Å². The molecule has 130 valence electrons. The lowest BCUT2D eigenvalue weighted by atomic mass is 10.2. The fraction of sp³-hybridized carbons (Fsp3) is 0.357. The van der Waals surface area contributed by atoms with Gasteiger partial charge in [0.25, 0.3) is 0 Å². The Morgan fingerprint density at radius 2 is 1.92 bits per heavy atom. The summed E-state index contributed by atoms with van der Waals surface area (Å²) in [6, 6.07) is 6.39.